The van der Waals surface area contributed by atoms with Gasteiger partial charge in [-0.3, -0.25) is 4.57 Å². The van der Waals surface area contributed by atoms with E-state index < -0.39 is 17.0 Å². The number of hydrogen-bond acceptors (Lipinski definition) is 5. The molecule has 0 saturated heterocycles. The minimum atomic E-state index is -0.522. The van der Waals surface area contributed by atoms with Crippen molar-refractivity contribution in [2.45, 2.75) is 17.0 Å². The molecule has 3 unspecified atom stereocenters. The van der Waals surface area contributed by atoms with Crippen molar-refractivity contribution in [3.8, 4) is 34.5 Å². The average Bonchev–Trinajstić information content (AvgIpc) is 1.49. The van der Waals surface area contributed by atoms with E-state index in [2.05, 4.69) is 288 Å². The molecule has 9 aliphatic rings. The van der Waals surface area contributed by atoms with Crippen molar-refractivity contribution < 1.29 is 46.0 Å². The molecule has 456 valence electrons. The Labute approximate surface area is 567 Å². The summed E-state index contributed by atoms with van der Waals surface area (Å²) in [6, 6.07) is 72.9. The molecule has 0 fully saturated rings. The van der Waals surface area contributed by atoms with Crippen molar-refractivity contribution in [2.24, 2.45) is 7.05 Å². The molecule has 100 heavy (non-hydrogen) atoms. The van der Waals surface area contributed by atoms with Crippen molar-refractivity contribution in [2.75, 3.05) is 0 Å². The highest BCUT2D eigenvalue weighted by molar-refractivity contribution is 7.18. The van der Waals surface area contributed by atoms with Crippen LogP contribution in [0.3, 0.4) is 0 Å². The zero-order valence-electron chi connectivity index (χ0n) is 52.9. The van der Waals surface area contributed by atoms with Crippen LogP contribution in [-0.4, -0.2) is 4.57 Å². The van der Waals surface area contributed by atoms with Crippen molar-refractivity contribution in [3.05, 3.63) is 289 Å². The second-order valence-corrected chi connectivity index (χ2v) is 29.5. The number of aromatic nitrogens is 7. The van der Waals surface area contributed by atoms with Gasteiger partial charge in [0.2, 0.25) is 33.1 Å². The third kappa shape index (κ3) is 4.83. The molecule has 12 aromatic carbocycles. The van der Waals surface area contributed by atoms with Gasteiger partial charge in [0, 0.05) is 85.0 Å². The van der Waals surface area contributed by atoms with Gasteiger partial charge < -0.3 is 18.6 Å². The van der Waals surface area contributed by atoms with Gasteiger partial charge >= 0.3 is 17.0 Å². The summed E-state index contributed by atoms with van der Waals surface area (Å²) in [6.07, 6.45) is 17.5. The van der Waals surface area contributed by atoms with Crippen LogP contribution in [0.1, 0.15) is 33.4 Å². The Morgan fingerprint density at radius 2 is 0.770 bits per heavy atom. The lowest BCUT2D eigenvalue weighted by molar-refractivity contribution is -0.945. The second-order valence-electron chi connectivity index (χ2n) is 28.6. The zero-order valence-corrected chi connectivity index (χ0v) is 53.7. The lowest BCUT2D eigenvalue weighted by Crippen LogP contribution is -2.72. The Balaban J connectivity index is 0.0000000834. The van der Waals surface area contributed by atoms with Crippen molar-refractivity contribution in [3.63, 3.8) is 0 Å². The summed E-state index contributed by atoms with van der Waals surface area (Å²) < 4.78 is 44.7. The van der Waals surface area contributed by atoms with Gasteiger partial charge in [0.05, 0.1) is 60.3 Å². The highest BCUT2D eigenvalue weighted by Crippen LogP contribution is 2.63. The van der Waals surface area contributed by atoms with E-state index in [1.54, 1.807) is 6.26 Å². The normalized spacial score (nSPS) is 18.6. The molecule has 9 aromatic heterocycles. The molecule has 12 heteroatoms. The summed E-state index contributed by atoms with van der Waals surface area (Å²) in [5.74, 6) is 5.70. The number of fused-ring (bicyclic) bond motifs is 9. The molecule has 0 saturated carbocycles. The minimum Gasteiger partial charge on any atom is -0.463 e. The first-order valence-corrected chi connectivity index (χ1v) is 35.2. The van der Waals surface area contributed by atoms with Crippen LogP contribution >= 0.6 is 11.3 Å². The second kappa shape index (κ2) is 15.7. The maximum absolute atomic E-state index is 6.69. The summed E-state index contributed by atoms with van der Waals surface area (Å²) >= 11 is 1.84. The van der Waals surface area contributed by atoms with Crippen LogP contribution in [0.4, 0.5) is 0 Å². The zero-order chi connectivity index (χ0) is 64.0. The fourth-order valence-electron chi connectivity index (χ4n) is 21.6. The number of furan rings is 1. The number of ether oxygens (including phenoxy) is 3. The monoisotopic (exact) mass is 1300 g/mol. The summed E-state index contributed by atoms with van der Waals surface area (Å²) in [6.45, 7) is 0. The van der Waals surface area contributed by atoms with Gasteiger partial charge in [-0.15, -0.1) is 29.6 Å². The predicted octanol–water partition coefficient (Wildman–Crippen LogP) is 17.2. The van der Waals surface area contributed by atoms with Crippen LogP contribution in [0.5, 0.6) is 34.5 Å². The smallest absolute Gasteiger partial charge is 0.425 e. The Kier molecular flexibility index (Phi) is 7.80. The number of nitrogens with zero attached hydrogens (tertiary/aromatic N) is 7. The first kappa shape index (κ1) is 49.6. The van der Waals surface area contributed by atoms with Crippen molar-refractivity contribution in [1.29, 1.82) is 0 Å². The van der Waals surface area contributed by atoms with E-state index >= 15 is 0 Å². The van der Waals surface area contributed by atoms with Gasteiger partial charge in [0.15, 0.2) is 59.4 Å². The van der Waals surface area contributed by atoms with Crippen LogP contribution in [-0.2, 0) is 24.0 Å². The molecule has 30 rings (SSSR count). The maximum atomic E-state index is 6.69. The van der Waals surface area contributed by atoms with Gasteiger partial charge in [-0.25, -0.2) is 4.57 Å². The van der Waals surface area contributed by atoms with Gasteiger partial charge in [-0.1, -0.05) is 36.4 Å². The summed E-state index contributed by atoms with van der Waals surface area (Å²) in [5.41, 5.74) is 15.9. The number of benzene rings is 12. The van der Waals surface area contributed by atoms with Crippen molar-refractivity contribution in [1.82, 2.24) is 4.57 Å². The van der Waals surface area contributed by atoms with Gasteiger partial charge in [0.25, 0.3) is 0 Å². The molecule has 21 aromatic rings. The average molecular weight is 1300 g/mol. The molecular formula is C88H45N7O4S+6. The number of pyridine rings is 6. The Morgan fingerprint density at radius 3 is 1.38 bits per heavy atom. The quantitative estimate of drug-likeness (QED) is 0.112. The molecule has 9 aliphatic heterocycles. The van der Waals surface area contributed by atoms with Crippen LogP contribution < -0.4 is 41.6 Å². The lowest BCUT2D eigenvalue weighted by atomic mass is 9.85. The van der Waals surface area contributed by atoms with Gasteiger partial charge in [0.1, 0.15) is 58.3 Å². The number of thiophene rings is 1. The minimum absolute atomic E-state index is 0.476. The van der Waals surface area contributed by atoms with E-state index in [9.17, 15) is 0 Å². The van der Waals surface area contributed by atoms with E-state index in [-0.39, 0.29) is 0 Å². The fourth-order valence-corrected chi connectivity index (χ4v) is 22.5. The van der Waals surface area contributed by atoms with Crippen LogP contribution in [0, 0.1) is 0 Å². The van der Waals surface area contributed by atoms with E-state index in [0.717, 1.165) is 50.9 Å². The first-order chi connectivity index (χ1) is 49.5. The summed E-state index contributed by atoms with van der Waals surface area (Å²) in [7, 11) is 2.15. The van der Waals surface area contributed by atoms with E-state index in [4.69, 9.17) is 18.6 Å². The lowest BCUT2D eigenvalue weighted by Gasteiger charge is -2.32. The summed E-state index contributed by atoms with van der Waals surface area (Å²) in [5, 5.41) is 28.9. The van der Waals surface area contributed by atoms with E-state index in [1.165, 1.54) is 179 Å². The number of hydrogen-bond donors (Lipinski definition) is 0. The predicted molar refractivity (Wildman–Crippen MR) is 386 cm³/mol. The Bertz CT molecular complexity index is 7580. The molecule has 0 amide bonds. The number of aryl methyl sites for hydroxylation is 1. The Morgan fingerprint density at radius 1 is 0.320 bits per heavy atom. The molecule has 18 heterocycles. The maximum Gasteiger partial charge on any atom is 0.425 e. The van der Waals surface area contributed by atoms with Gasteiger partial charge in [-0.2, -0.15) is 4.57 Å². The third-order valence-electron chi connectivity index (χ3n) is 24.8. The number of rotatable bonds is 0. The SMILES string of the molecule is C[n+]1ccc2c3ccc4c5c3c3c(cccn3C53c5c(ccc6ccc7ccc[n+]3c7c56)O4)c21.c1cc2ccc3ccc4c5c3c2[n+](c1)C51c2c(ccc3c5ccoc5c5ccc[n+]1c5c23)O4.c1cc2ccc3ccc4c5c3c2[n+](c1)C51c2c(ccc3c5ccsc5c5ccc[n+]1c5c23)O4. The largest absolute Gasteiger partial charge is 0.463 e. The van der Waals surface area contributed by atoms with Crippen LogP contribution in [0.2, 0.25) is 0 Å². The topological polar surface area (TPSA) is 69.0 Å². The Hall–Kier alpha value is -12.9. The van der Waals surface area contributed by atoms with E-state index in [0.29, 0.717) is 0 Å². The molecule has 0 radical (unpaired) electrons. The van der Waals surface area contributed by atoms with Crippen LogP contribution in [0.15, 0.2) is 260 Å². The van der Waals surface area contributed by atoms with Crippen molar-refractivity contribution >= 4 is 173 Å². The molecule has 0 aliphatic carbocycles. The third-order valence-corrected chi connectivity index (χ3v) is 25.7. The highest BCUT2D eigenvalue weighted by atomic mass is 32.1. The first-order valence-electron chi connectivity index (χ1n) is 34.3. The molecule has 0 bridgehead atoms. The molecule has 3 spiro atoms. The highest BCUT2D eigenvalue weighted by Gasteiger charge is 2.71. The summed E-state index contributed by atoms with van der Waals surface area (Å²) in [4.78, 5) is 0. The van der Waals surface area contributed by atoms with E-state index in [1.807, 2.05) is 11.3 Å². The molecule has 11 nitrogen and oxygen atoms in total. The standard InChI is InChI=1S/C30H17N3O.C29H14N2O2.C29H14N2OS/c1-31-15-12-19-18-9-11-22-26-24(18)29-20(28(19)31)5-3-14-33(29)30(26)25-21(34-22)10-8-16-6-7-17-4-2-13-32(30)27(17)23(16)25;1-3-16-6-5-15-7-9-20-24-22(15)26(16)30(12-1)29(24)25-21(33-20)10-8-17-18-11-14-32-28(18)19-4-2-13-31(29)27(19)23(17)25;1-3-16-6-5-15-7-9-20-24-22(15)26(16)30(12-1)29(24)25-21(32-20)10-8-17-18-11-14-33-28(18)19-4-2-13-31(29)27(19)23(17)25/h2-15H,1H3;2*1-14H/q3*+2. The van der Waals surface area contributed by atoms with Gasteiger partial charge in [-0.05, 0) is 160 Å². The fraction of sp³-hybridized carbons (Fsp3) is 0.0455. The molecule has 0 N–H and O–H groups in total. The molecular weight excluding hydrogens is 1250 g/mol. The van der Waals surface area contributed by atoms with Crippen LogP contribution in [0.25, 0.3) is 162 Å². The molecule has 3 atom stereocenters.